The van der Waals surface area contributed by atoms with Crippen LogP contribution in [0, 0.1) is 0 Å². The molecule has 0 saturated carbocycles. The number of aromatic nitrogens is 4. The van der Waals surface area contributed by atoms with Crippen LogP contribution >= 0.6 is 11.8 Å². The number of pyridine rings is 1. The van der Waals surface area contributed by atoms with Crippen LogP contribution in [0.25, 0.3) is 11.4 Å². The summed E-state index contributed by atoms with van der Waals surface area (Å²) in [4.78, 5) is 16.4. The normalized spacial score (nSPS) is 12.9. The third-order valence-electron chi connectivity index (χ3n) is 3.75. The SMILES string of the molecule is CCC(C)(C)NC(=O)C(C)Sc1nnc(-c2cccnc2)n1C. The van der Waals surface area contributed by atoms with E-state index in [1.165, 1.54) is 11.8 Å². The lowest BCUT2D eigenvalue weighted by Gasteiger charge is -2.26. The van der Waals surface area contributed by atoms with Gasteiger partial charge in [0.2, 0.25) is 5.91 Å². The molecule has 0 bridgehead atoms. The molecule has 2 aromatic rings. The van der Waals surface area contributed by atoms with Crippen LogP contribution in [0.15, 0.2) is 29.7 Å². The van der Waals surface area contributed by atoms with E-state index in [2.05, 4.69) is 27.4 Å². The fraction of sp³-hybridized carbons (Fsp3) is 0.500. The largest absolute Gasteiger partial charge is 0.350 e. The van der Waals surface area contributed by atoms with Crippen molar-refractivity contribution < 1.29 is 4.79 Å². The maximum atomic E-state index is 12.3. The van der Waals surface area contributed by atoms with Gasteiger partial charge in [-0.1, -0.05) is 18.7 Å². The first-order chi connectivity index (χ1) is 10.8. The topological polar surface area (TPSA) is 72.7 Å². The molecule has 7 heteroatoms. The molecule has 23 heavy (non-hydrogen) atoms. The van der Waals surface area contributed by atoms with E-state index in [-0.39, 0.29) is 16.7 Å². The molecule has 0 aliphatic rings. The van der Waals surface area contributed by atoms with Gasteiger partial charge in [-0.2, -0.15) is 0 Å². The second-order valence-corrected chi connectivity index (χ2v) is 7.40. The predicted molar refractivity (Wildman–Crippen MR) is 92.1 cm³/mol. The Morgan fingerprint density at radius 3 is 2.78 bits per heavy atom. The standard InChI is InChI=1S/C16H23N5OS/c1-6-16(3,4)18-14(22)11(2)23-15-20-19-13(21(15)5)12-8-7-9-17-10-12/h7-11H,6H2,1-5H3,(H,18,22). The molecule has 0 radical (unpaired) electrons. The summed E-state index contributed by atoms with van der Waals surface area (Å²) < 4.78 is 1.89. The Morgan fingerprint density at radius 2 is 2.17 bits per heavy atom. The van der Waals surface area contributed by atoms with Gasteiger partial charge in [0.25, 0.3) is 0 Å². The van der Waals surface area contributed by atoms with Crippen molar-refractivity contribution in [3.8, 4) is 11.4 Å². The Kier molecular flexibility index (Phi) is 5.41. The molecule has 0 aliphatic heterocycles. The molecular formula is C16H23N5OS. The van der Waals surface area contributed by atoms with E-state index in [1.807, 2.05) is 44.5 Å². The van der Waals surface area contributed by atoms with Gasteiger partial charge in [0.1, 0.15) is 0 Å². The van der Waals surface area contributed by atoms with Gasteiger partial charge in [0.15, 0.2) is 11.0 Å². The maximum absolute atomic E-state index is 12.3. The summed E-state index contributed by atoms with van der Waals surface area (Å²) in [7, 11) is 1.89. The second-order valence-electron chi connectivity index (χ2n) is 6.09. The van der Waals surface area contributed by atoms with Gasteiger partial charge in [-0.15, -0.1) is 10.2 Å². The lowest BCUT2D eigenvalue weighted by atomic mass is 10.0. The molecule has 124 valence electrons. The van der Waals surface area contributed by atoms with Crippen LogP contribution in [0.2, 0.25) is 0 Å². The molecule has 6 nitrogen and oxygen atoms in total. The molecule has 0 saturated heterocycles. The van der Waals surface area contributed by atoms with Crippen molar-refractivity contribution in [2.75, 3.05) is 0 Å². The average molecular weight is 333 g/mol. The van der Waals surface area contributed by atoms with Gasteiger partial charge in [0, 0.05) is 30.5 Å². The quantitative estimate of drug-likeness (QED) is 0.823. The third-order valence-corrected chi connectivity index (χ3v) is 4.89. The molecule has 0 aliphatic carbocycles. The van der Waals surface area contributed by atoms with Crippen LogP contribution in [-0.2, 0) is 11.8 Å². The van der Waals surface area contributed by atoms with E-state index < -0.39 is 0 Å². The Hall–Kier alpha value is -1.89. The van der Waals surface area contributed by atoms with Gasteiger partial charge in [-0.25, -0.2) is 0 Å². The fourth-order valence-corrected chi connectivity index (χ4v) is 2.71. The smallest absolute Gasteiger partial charge is 0.233 e. The predicted octanol–water partition coefficient (Wildman–Crippen LogP) is 2.66. The van der Waals surface area contributed by atoms with Crippen LogP contribution in [0.5, 0.6) is 0 Å². The van der Waals surface area contributed by atoms with E-state index in [1.54, 1.807) is 12.4 Å². The molecule has 0 aromatic carbocycles. The lowest BCUT2D eigenvalue weighted by molar-refractivity contribution is -0.121. The maximum Gasteiger partial charge on any atom is 0.233 e. The molecule has 0 fully saturated rings. The van der Waals surface area contributed by atoms with Crippen molar-refractivity contribution in [1.82, 2.24) is 25.1 Å². The monoisotopic (exact) mass is 333 g/mol. The number of amides is 1. The van der Waals surface area contributed by atoms with Gasteiger partial charge < -0.3 is 9.88 Å². The zero-order chi connectivity index (χ0) is 17.0. The fourth-order valence-electron chi connectivity index (χ4n) is 1.90. The van der Waals surface area contributed by atoms with Crippen molar-refractivity contribution in [2.45, 2.75) is 50.1 Å². The van der Waals surface area contributed by atoms with Crippen molar-refractivity contribution >= 4 is 17.7 Å². The summed E-state index contributed by atoms with van der Waals surface area (Å²) >= 11 is 1.40. The van der Waals surface area contributed by atoms with Gasteiger partial charge >= 0.3 is 0 Å². The molecule has 0 spiro atoms. The number of thioether (sulfide) groups is 1. The minimum Gasteiger partial charge on any atom is -0.350 e. The summed E-state index contributed by atoms with van der Waals surface area (Å²) in [5.41, 5.74) is 0.700. The molecule has 2 aromatic heterocycles. The zero-order valence-electron chi connectivity index (χ0n) is 14.2. The van der Waals surface area contributed by atoms with E-state index in [0.717, 1.165) is 17.8 Å². The highest BCUT2D eigenvalue weighted by atomic mass is 32.2. The Balaban J connectivity index is 2.09. The summed E-state index contributed by atoms with van der Waals surface area (Å²) in [6.07, 6.45) is 4.35. The van der Waals surface area contributed by atoms with Crippen LogP contribution in [0.4, 0.5) is 0 Å². The van der Waals surface area contributed by atoms with Crippen LogP contribution in [0.1, 0.15) is 34.1 Å². The van der Waals surface area contributed by atoms with Crippen molar-refractivity contribution in [2.24, 2.45) is 7.05 Å². The van der Waals surface area contributed by atoms with Gasteiger partial charge in [-0.05, 0) is 39.3 Å². The van der Waals surface area contributed by atoms with Crippen LogP contribution < -0.4 is 5.32 Å². The van der Waals surface area contributed by atoms with Crippen LogP contribution in [0.3, 0.4) is 0 Å². The minimum atomic E-state index is -0.245. The van der Waals surface area contributed by atoms with E-state index >= 15 is 0 Å². The minimum absolute atomic E-state index is 0.00720. The average Bonchev–Trinajstić information content (AvgIpc) is 2.88. The highest BCUT2D eigenvalue weighted by Crippen LogP contribution is 2.25. The number of carbonyl (C=O) groups excluding carboxylic acids is 1. The summed E-state index contributed by atoms with van der Waals surface area (Å²) in [5, 5.41) is 11.9. The summed E-state index contributed by atoms with van der Waals surface area (Å²) in [6, 6.07) is 3.80. The van der Waals surface area contributed by atoms with E-state index in [0.29, 0.717) is 5.16 Å². The molecular weight excluding hydrogens is 310 g/mol. The van der Waals surface area contributed by atoms with E-state index in [9.17, 15) is 4.79 Å². The molecule has 1 amide bonds. The number of hydrogen-bond acceptors (Lipinski definition) is 5. The van der Waals surface area contributed by atoms with Crippen molar-refractivity contribution in [3.63, 3.8) is 0 Å². The van der Waals surface area contributed by atoms with Crippen LogP contribution in [-0.4, -0.2) is 36.4 Å². The second kappa shape index (κ2) is 7.12. The third kappa shape index (κ3) is 4.31. The molecule has 2 heterocycles. The highest BCUT2D eigenvalue weighted by molar-refractivity contribution is 8.00. The first kappa shape index (κ1) is 17.5. The Morgan fingerprint density at radius 1 is 1.43 bits per heavy atom. The molecule has 1 N–H and O–H groups in total. The zero-order valence-corrected chi connectivity index (χ0v) is 15.0. The number of carbonyl (C=O) groups is 1. The van der Waals surface area contributed by atoms with Crippen molar-refractivity contribution in [1.29, 1.82) is 0 Å². The van der Waals surface area contributed by atoms with Gasteiger partial charge in [-0.3, -0.25) is 9.78 Å². The number of nitrogens with one attached hydrogen (secondary N) is 1. The summed E-state index contributed by atoms with van der Waals surface area (Å²) in [5.74, 6) is 0.745. The Bertz CT molecular complexity index is 668. The Labute approximate surface area is 141 Å². The molecule has 1 atom stereocenters. The number of rotatable bonds is 6. The molecule has 2 rings (SSSR count). The number of hydrogen-bond donors (Lipinski definition) is 1. The first-order valence-corrected chi connectivity index (χ1v) is 8.50. The lowest BCUT2D eigenvalue weighted by Crippen LogP contribution is -2.46. The molecule has 1 unspecified atom stereocenters. The first-order valence-electron chi connectivity index (χ1n) is 7.62. The van der Waals surface area contributed by atoms with E-state index in [4.69, 9.17) is 0 Å². The van der Waals surface area contributed by atoms with Gasteiger partial charge in [0.05, 0.1) is 5.25 Å². The number of nitrogens with zero attached hydrogens (tertiary/aromatic N) is 4. The highest BCUT2D eigenvalue weighted by Gasteiger charge is 2.24. The summed E-state index contributed by atoms with van der Waals surface area (Å²) in [6.45, 7) is 7.97. The van der Waals surface area contributed by atoms with Crippen molar-refractivity contribution in [3.05, 3.63) is 24.5 Å².